The SMILES string of the molecule is COC1CNC(CNc2ccccc2)C1. The fourth-order valence-corrected chi connectivity index (χ4v) is 1.91. The molecule has 0 aromatic heterocycles. The van der Waals surface area contributed by atoms with Crippen molar-refractivity contribution in [3.05, 3.63) is 30.3 Å². The highest BCUT2D eigenvalue weighted by Crippen LogP contribution is 2.11. The molecule has 0 aliphatic carbocycles. The van der Waals surface area contributed by atoms with Crippen molar-refractivity contribution >= 4 is 5.69 Å². The minimum absolute atomic E-state index is 0.382. The van der Waals surface area contributed by atoms with E-state index in [-0.39, 0.29) is 0 Å². The summed E-state index contributed by atoms with van der Waals surface area (Å²) < 4.78 is 5.30. The third-order valence-electron chi connectivity index (χ3n) is 2.84. The third kappa shape index (κ3) is 2.94. The Kier molecular flexibility index (Phi) is 3.59. The quantitative estimate of drug-likeness (QED) is 0.782. The summed E-state index contributed by atoms with van der Waals surface area (Å²) in [6, 6.07) is 10.8. The zero-order valence-electron chi connectivity index (χ0n) is 9.07. The highest BCUT2D eigenvalue weighted by Gasteiger charge is 2.22. The Morgan fingerprint density at radius 1 is 1.40 bits per heavy atom. The molecule has 82 valence electrons. The molecular formula is C12H18N2O. The molecule has 2 rings (SSSR count). The predicted molar refractivity (Wildman–Crippen MR) is 62.1 cm³/mol. The monoisotopic (exact) mass is 206 g/mol. The lowest BCUT2D eigenvalue weighted by atomic mass is 10.2. The van der Waals surface area contributed by atoms with E-state index in [1.54, 1.807) is 7.11 Å². The standard InChI is InChI=1S/C12H18N2O/c1-15-12-7-11(14-9-12)8-13-10-5-3-2-4-6-10/h2-6,11-14H,7-9H2,1H3. The van der Waals surface area contributed by atoms with Gasteiger partial charge >= 0.3 is 0 Å². The van der Waals surface area contributed by atoms with Gasteiger partial charge in [0, 0.05) is 31.9 Å². The van der Waals surface area contributed by atoms with Crippen LogP contribution in [-0.2, 0) is 4.74 Å². The summed E-state index contributed by atoms with van der Waals surface area (Å²) in [6.07, 6.45) is 1.48. The van der Waals surface area contributed by atoms with Crippen LogP contribution in [0.2, 0.25) is 0 Å². The smallest absolute Gasteiger partial charge is 0.0711 e. The maximum Gasteiger partial charge on any atom is 0.0711 e. The normalized spacial score (nSPS) is 25.4. The number of rotatable bonds is 4. The Balaban J connectivity index is 1.75. The first-order valence-electron chi connectivity index (χ1n) is 5.43. The lowest BCUT2D eigenvalue weighted by molar-refractivity contribution is 0.117. The molecule has 2 unspecified atom stereocenters. The lowest BCUT2D eigenvalue weighted by Crippen LogP contribution is -2.29. The maximum atomic E-state index is 5.30. The van der Waals surface area contributed by atoms with E-state index in [4.69, 9.17) is 4.74 Å². The van der Waals surface area contributed by atoms with Crippen LogP contribution >= 0.6 is 0 Å². The second-order valence-corrected chi connectivity index (χ2v) is 3.95. The largest absolute Gasteiger partial charge is 0.383 e. The number of nitrogens with one attached hydrogen (secondary N) is 2. The van der Waals surface area contributed by atoms with Gasteiger partial charge in [0.15, 0.2) is 0 Å². The van der Waals surface area contributed by atoms with Gasteiger partial charge in [-0.3, -0.25) is 0 Å². The Labute approximate surface area is 90.8 Å². The molecule has 1 fully saturated rings. The van der Waals surface area contributed by atoms with E-state index >= 15 is 0 Å². The van der Waals surface area contributed by atoms with Crippen molar-refractivity contribution < 1.29 is 4.74 Å². The summed E-state index contributed by atoms with van der Waals surface area (Å²) in [5.74, 6) is 0. The van der Waals surface area contributed by atoms with Crippen molar-refractivity contribution in [2.45, 2.75) is 18.6 Å². The zero-order chi connectivity index (χ0) is 10.5. The van der Waals surface area contributed by atoms with Gasteiger partial charge in [0.05, 0.1) is 6.10 Å². The van der Waals surface area contributed by atoms with E-state index in [1.165, 1.54) is 5.69 Å². The number of hydrogen-bond donors (Lipinski definition) is 2. The molecule has 1 saturated heterocycles. The van der Waals surface area contributed by atoms with Crippen LogP contribution in [0.5, 0.6) is 0 Å². The molecule has 1 aromatic rings. The fraction of sp³-hybridized carbons (Fsp3) is 0.500. The van der Waals surface area contributed by atoms with Crippen molar-refractivity contribution in [3.63, 3.8) is 0 Å². The first-order valence-corrected chi connectivity index (χ1v) is 5.43. The van der Waals surface area contributed by atoms with E-state index in [0.29, 0.717) is 12.1 Å². The van der Waals surface area contributed by atoms with E-state index in [9.17, 15) is 0 Å². The summed E-state index contributed by atoms with van der Waals surface area (Å²) in [5.41, 5.74) is 1.18. The number of anilines is 1. The average molecular weight is 206 g/mol. The van der Waals surface area contributed by atoms with Crippen molar-refractivity contribution in [2.24, 2.45) is 0 Å². The molecule has 2 atom stereocenters. The molecule has 1 heterocycles. The summed E-state index contributed by atoms with van der Waals surface area (Å²) >= 11 is 0. The van der Waals surface area contributed by atoms with E-state index in [2.05, 4.69) is 22.8 Å². The molecule has 3 heteroatoms. The number of hydrogen-bond acceptors (Lipinski definition) is 3. The topological polar surface area (TPSA) is 33.3 Å². The molecule has 1 aliphatic heterocycles. The van der Waals surface area contributed by atoms with Gasteiger partial charge in [-0.15, -0.1) is 0 Å². The van der Waals surface area contributed by atoms with Crippen LogP contribution < -0.4 is 10.6 Å². The number of benzene rings is 1. The minimum Gasteiger partial charge on any atom is -0.383 e. The van der Waals surface area contributed by atoms with Gasteiger partial charge in [-0.25, -0.2) is 0 Å². The molecule has 3 nitrogen and oxygen atoms in total. The molecule has 1 aliphatic rings. The molecule has 1 aromatic carbocycles. The molecule has 0 radical (unpaired) electrons. The molecule has 2 N–H and O–H groups in total. The summed E-state index contributed by atoms with van der Waals surface area (Å²) in [7, 11) is 1.78. The number of ether oxygens (including phenoxy) is 1. The first kappa shape index (κ1) is 10.5. The van der Waals surface area contributed by atoms with Crippen LogP contribution in [0.15, 0.2) is 30.3 Å². The van der Waals surface area contributed by atoms with Crippen LogP contribution in [0.4, 0.5) is 5.69 Å². The van der Waals surface area contributed by atoms with Crippen LogP contribution in [-0.4, -0.2) is 32.3 Å². The van der Waals surface area contributed by atoms with Gasteiger partial charge in [-0.2, -0.15) is 0 Å². The van der Waals surface area contributed by atoms with Gasteiger partial charge in [0.25, 0.3) is 0 Å². The first-order chi connectivity index (χ1) is 7.38. The van der Waals surface area contributed by atoms with Crippen molar-refractivity contribution in [1.82, 2.24) is 5.32 Å². The van der Waals surface area contributed by atoms with E-state index in [1.807, 2.05) is 18.2 Å². The Morgan fingerprint density at radius 2 is 2.20 bits per heavy atom. The highest BCUT2D eigenvalue weighted by molar-refractivity contribution is 5.42. The van der Waals surface area contributed by atoms with Crippen molar-refractivity contribution in [1.29, 1.82) is 0 Å². The van der Waals surface area contributed by atoms with E-state index < -0.39 is 0 Å². The van der Waals surface area contributed by atoms with Crippen LogP contribution in [0, 0.1) is 0 Å². The van der Waals surface area contributed by atoms with Crippen molar-refractivity contribution in [2.75, 3.05) is 25.5 Å². The Hall–Kier alpha value is -1.06. The highest BCUT2D eigenvalue weighted by atomic mass is 16.5. The summed E-state index contributed by atoms with van der Waals surface area (Å²) in [5, 5.41) is 6.85. The second kappa shape index (κ2) is 5.14. The lowest BCUT2D eigenvalue weighted by Gasteiger charge is -2.12. The van der Waals surface area contributed by atoms with Gasteiger partial charge < -0.3 is 15.4 Å². The summed E-state index contributed by atoms with van der Waals surface area (Å²) in [4.78, 5) is 0. The van der Waals surface area contributed by atoms with Gasteiger partial charge in [0.2, 0.25) is 0 Å². The Morgan fingerprint density at radius 3 is 2.87 bits per heavy atom. The fourth-order valence-electron chi connectivity index (χ4n) is 1.91. The molecular weight excluding hydrogens is 188 g/mol. The van der Waals surface area contributed by atoms with Crippen LogP contribution in [0.1, 0.15) is 6.42 Å². The van der Waals surface area contributed by atoms with Crippen LogP contribution in [0.3, 0.4) is 0 Å². The molecule has 0 saturated carbocycles. The minimum atomic E-state index is 0.382. The van der Waals surface area contributed by atoms with Gasteiger partial charge in [-0.1, -0.05) is 18.2 Å². The molecule has 0 amide bonds. The Bertz CT molecular complexity index is 289. The molecule has 15 heavy (non-hydrogen) atoms. The average Bonchev–Trinajstić information content (AvgIpc) is 2.76. The predicted octanol–water partition coefficient (Wildman–Crippen LogP) is 1.48. The summed E-state index contributed by atoms with van der Waals surface area (Å²) in [6.45, 7) is 1.93. The molecule has 0 bridgehead atoms. The zero-order valence-corrected chi connectivity index (χ0v) is 9.07. The molecule has 0 spiro atoms. The third-order valence-corrected chi connectivity index (χ3v) is 2.84. The number of methoxy groups -OCH3 is 1. The second-order valence-electron chi connectivity index (χ2n) is 3.95. The van der Waals surface area contributed by atoms with E-state index in [0.717, 1.165) is 19.5 Å². The van der Waals surface area contributed by atoms with Crippen molar-refractivity contribution in [3.8, 4) is 0 Å². The number of para-hydroxylation sites is 1. The van der Waals surface area contributed by atoms with Gasteiger partial charge in [-0.05, 0) is 18.6 Å². The maximum absolute atomic E-state index is 5.30. The van der Waals surface area contributed by atoms with Crippen LogP contribution in [0.25, 0.3) is 0 Å². The van der Waals surface area contributed by atoms with Gasteiger partial charge in [0.1, 0.15) is 0 Å².